The second-order valence-electron chi connectivity index (χ2n) is 5.98. The van der Waals surface area contributed by atoms with Crippen molar-refractivity contribution >= 4 is 11.6 Å². The zero-order chi connectivity index (χ0) is 17.8. The minimum absolute atomic E-state index is 0.0253. The first-order valence-corrected chi connectivity index (χ1v) is 8.43. The number of hydrogen-bond acceptors (Lipinski definition) is 1. The molecule has 128 valence electrons. The van der Waals surface area contributed by atoms with Crippen molar-refractivity contribution in [2.24, 2.45) is 0 Å². The first-order valence-electron chi connectivity index (χ1n) is 8.05. The van der Waals surface area contributed by atoms with Gasteiger partial charge in [-0.15, -0.1) is 0 Å². The van der Waals surface area contributed by atoms with Gasteiger partial charge in [0.05, 0.1) is 6.04 Å². The van der Waals surface area contributed by atoms with Crippen LogP contribution < -0.4 is 5.32 Å². The molecule has 0 spiro atoms. The maximum Gasteiger partial charge on any atom is 0.123 e. The van der Waals surface area contributed by atoms with E-state index in [-0.39, 0.29) is 23.7 Å². The monoisotopic (exact) mass is 357 g/mol. The van der Waals surface area contributed by atoms with E-state index < -0.39 is 0 Å². The number of hydrogen-bond donors (Lipinski definition) is 1. The van der Waals surface area contributed by atoms with Crippen molar-refractivity contribution < 1.29 is 8.78 Å². The van der Waals surface area contributed by atoms with Gasteiger partial charge >= 0.3 is 0 Å². The van der Waals surface area contributed by atoms with E-state index in [9.17, 15) is 8.78 Å². The van der Waals surface area contributed by atoms with E-state index in [0.29, 0.717) is 5.02 Å². The molecule has 4 heteroatoms. The van der Waals surface area contributed by atoms with Gasteiger partial charge in [0.25, 0.3) is 0 Å². The summed E-state index contributed by atoms with van der Waals surface area (Å²) in [4.78, 5) is 0. The number of benzene rings is 3. The van der Waals surface area contributed by atoms with Crippen LogP contribution in [0.4, 0.5) is 8.78 Å². The van der Waals surface area contributed by atoms with E-state index in [2.05, 4.69) is 5.32 Å². The maximum absolute atomic E-state index is 13.3. The molecule has 3 aromatic rings. The summed E-state index contributed by atoms with van der Waals surface area (Å²) in [5, 5.41) is 4.22. The van der Waals surface area contributed by atoms with Gasteiger partial charge in [-0.2, -0.15) is 0 Å². The van der Waals surface area contributed by atoms with Gasteiger partial charge in [0.2, 0.25) is 0 Å². The molecular weight excluding hydrogens is 340 g/mol. The van der Waals surface area contributed by atoms with Gasteiger partial charge in [-0.3, -0.25) is 5.32 Å². The summed E-state index contributed by atoms with van der Waals surface area (Å²) in [5.41, 5.74) is 2.90. The average molecular weight is 358 g/mol. The Kier molecular flexibility index (Phi) is 5.47. The molecule has 1 N–H and O–H groups in total. The molecule has 1 nitrogen and oxygen atoms in total. The lowest BCUT2D eigenvalue weighted by Gasteiger charge is -2.25. The number of nitrogens with one attached hydrogen (secondary N) is 1. The molecule has 0 heterocycles. The van der Waals surface area contributed by atoms with Gasteiger partial charge in [0.15, 0.2) is 0 Å². The van der Waals surface area contributed by atoms with Crippen molar-refractivity contribution in [3.63, 3.8) is 0 Å². The summed E-state index contributed by atoms with van der Waals surface area (Å²) in [5.74, 6) is -0.570. The van der Waals surface area contributed by atoms with E-state index in [1.165, 1.54) is 24.3 Å². The third-order valence-electron chi connectivity index (χ3n) is 4.19. The largest absolute Gasteiger partial charge is 0.300 e. The molecule has 0 radical (unpaired) electrons. The number of rotatable bonds is 5. The lowest BCUT2D eigenvalue weighted by atomic mass is 9.96. The van der Waals surface area contributed by atoms with E-state index in [1.807, 2.05) is 31.2 Å². The molecule has 0 saturated carbocycles. The maximum atomic E-state index is 13.3. The topological polar surface area (TPSA) is 12.0 Å². The van der Waals surface area contributed by atoms with Crippen molar-refractivity contribution in [1.29, 1.82) is 0 Å². The molecule has 1 atom stereocenters. The third-order valence-corrected chi connectivity index (χ3v) is 4.45. The van der Waals surface area contributed by atoms with E-state index in [1.54, 1.807) is 24.3 Å². The Bertz CT molecular complexity index is 769. The van der Waals surface area contributed by atoms with E-state index in [4.69, 9.17) is 11.6 Å². The SMILES string of the molecule is C[C@H](NC(c1ccc(F)cc1)c1ccc(F)cc1)c1ccc(Cl)cc1. The van der Waals surface area contributed by atoms with Crippen LogP contribution in [0, 0.1) is 11.6 Å². The Morgan fingerprint density at radius 2 is 1.08 bits per heavy atom. The molecular formula is C21H18ClF2N. The fraction of sp³-hybridized carbons (Fsp3) is 0.143. The Morgan fingerprint density at radius 1 is 0.680 bits per heavy atom. The van der Waals surface area contributed by atoms with Gasteiger partial charge in [0.1, 0.15) is 11.6 Å². The average Bonchev–Trinajstić information content (AvgIpc) is 2.62. The van der Waals surface area contributed by atoms with Crippen LogP contribution >= 0.6 is 11.6 Å². The summed E-state index contributed by atoms with van der Waals surface area (Å²) in [6.07, 6.45) is 0. The highest BCUT2D eigenvalue weighted by atomic mass is 35.5. The zero-order valence-corrected chi connectivity index (χ0v) is 14.5. The number of halogens is 3. The van der Waals surface area contributed by atoms with Crippen LogP contribution in [0.3, 0.4) is 0 Å². The van der Waals surface area contributed by atoms with Crippen LogP contribution in [0.15, 0.2) is 72.8 Å². The van der Waals surface area contributed by atoms with E-state index in [0.717, 1.165) is 16.7 Å². The molecule has 0 bridgehead atoms. The highest BCUT2D eigenvalue weighted by Gasteiger charge is 2.18. The van der Waals surface area contributed by atoms with Crippen LogP contribution in [0.2, 0.25) is 5.02 Å². The predicted octanol–water partition coefficient (Wildman–Crippen LogP) is 6.06. The van der Waals surface area contributed by atoms with Gasteiger partial charge in [0, 0.05) is 11.1 Å². The lowest BCUT2D eigenvalue weighted by Crippen LogP contribution is -2.25. The minimum Gasteiger partial charge on any atom is -0.300 e. The highest BCUT2D eigenvalue weighted by Crippen LogP contribution is 2.27. The van der Waals surface area contributed by atoms with Crippen LogP contribution in [0.25, 0.3) is 0 Å². The van der Waals surface area contributed by atoms with E-state index >= 15 is 0 Å². The molecule has 0 aliphatic rings. The fourth-order valence-corrected chi connectivity index (χ4v) is 2.92. The zero-order valence-electron chi connectivity index (χ0n) is 13.7. The summed E-state index contributed by atoms with van der Waals surface area (Å²) >= 11 is 5.95. The van der Waals surface area contributed by atoms with Crippen molar-refractivity contribution in [2.75, 3.05) is 0 Å². The second kappa shape index (κ2) is 7.77. The van der Waals surface area contributed by atoms with Gasteiger partial charge in [-0.1, -0.05) is 48.0 Å². The predicted molar refractivity (Wildman–Crippen MR) is 97.6 cm³/mol. The van der Waals surface area contributed by atoms with Gasteiger partial charge < -0.3 is 0 Å². The molecule has 0 amide bonds. The van der Waals surface area contributed by atoms with Crippen molar-refractivity contribution in [3.8, 4) is 0 Å². The molecule has 3 aromatic carbocycles. The quantitative estimate of drug-likeness (QED) is 0.585. The van der Waals surface area contributed by atoms with Crippen LogP contribution in [0.5, 0.6) is 0 Å². The van der Waals surface area contributed by atoms with Gasteiger partial charge in [-0.05, 0) is 60.0 Å². The smallest absolute Gasteiger partial charge is 0.123 e. The first kappa shape index (κ1) is 17.6. The first-order chi connectivity index (χ1) is 12.0. The highest BCUT2D eigenvalue weighted by molar-refractivity contribution is 6.30. The normalized spacial score (nSPS) is 12.4. The molecule has 0 aromatic heterocycles. The molecule has 0 saturated heterocycles. The Labute approximate surface area is 151 Å². The van der Waals surface area contributed by atoms with Crippen molar-refractivity contribution in [1.82, 2.24) is 5.32 Å². The van der Waals surface area contributed by atoms with Gasteiger partial charge in [-0.25, -0.2) is 8.78 Å². The molecule has 0 unspecified atom stereocenters. The summed E-state index contributed by atoms with van der Waals surface area (Å²) in [7, 11) is 0. The van der Waals surface area contributed by atoms with Crippen molar-refractivity contribution in [2.45, 2.75) is 19.0 Å². The van der Waals surface area contributed by atoms with Crippen LogP contribution in [0.1, 0.15) is 35.7 Å². The Morgan fingerprint density at radius 3 is 1.52 bits per heavy atom. The van der Waals surface area contributed by atoms with Crippen LogP contribution in [-0.2, 0) is 0 Å². The molecule has 0 aliphatic heterocycles. The second-order valence-corrected chi connectivity index (χ2v) is 6.41. The van der Waals surface area contributed by atoms with Crippen molar-refractivity contribution in [3.05, 3.63) is 106 Å². The molecule has 25 heavy (non-hydrogen) atoms. The summed E-state index contributed by atoms with van der Waals surface area (Å²) in [6, 6.07) is 20.1. The summed E-state index contributed by atoms with van der Waals surface area (Å²) < 4.78 is 26.6. The minimum atomic E-state index is -0.285. The molecule has 0 aliphatic carbocycles. The summed E-state index contributed by atoms with van der Waals surface area (Å²) in [6.45, 7) is 2.04. The standard InChI is InChI=1S/C21H18ClF2N/c1-14(15-2-8-18(22)9-3-15)25-21(16-4-10-19(23)11-5-16)17-6-12-20(24)13-7-17/h2-14,21,25H,1H3/t14-/m0/s1. The Hall–Kier alpha value is -2.23. The Balaban J connectivity index is 1.91. The van der Waals surface area contributed by atoms with Crippen LogP contribution in [-0.4, -0.2) is 0 Å². The fourth-order valence-electron chi connectivity index (χ4n) is 2.79. The lowest BCUT2D eigenvalue weighted by molar-refractivity contribution is 0.514. The molecule has 3 rings (SSSR count). The third kappa shape index (κ3) is 4.44. The molecule has 0 fully saturated rings.